The Morgan fingerprint density at radius 1 is 0.929 bits per heavy atom. The van der Waals surface area contributed by atoms with Gasteiger partial charge in [-0.3, -0.25) is 0 Å². The van der Waals surface area contributed by atoms with Gasteiger partial charge in [0.05, 0.1) is 16.6 Å². The topological polar surface area (TPSA) is 70.0 Å². The number of aryl methyl sites for hydroxylation is 1. The van der Waals surface area contributed by atoms with Crippen molar-refractivity contribution in [2.75, 3.05) is 0 Å². The number of hydrogen-bond acceptors (Lipinski definition) is 4. The van der Waals surface area contributed by atoms with E-state index in [4.69, 9.17) is 0 Å². The number of sulfonamides is 1. The van der Waals surface area contributed by atoms with Gasteiger partial charge in [0.2, 0.25) is 0 Å². The van der Waals surface area contributed by atoms with E-state index < -0.39 is 16.1 Å². The largest absolute Gasteiger partial charge is 0.507 e. The van der Waals surface area contributed by atoms with Crippen LogP contribution >= 0.6 is 0 Å². The molecule has 1 aliphatic rings. The molecule has 3 aromatic carbocycles. The molecule has 1 heterocycles. The van der Waals surface area contributed by atoms with Gasteiger partial charge in [0.15, 0.2) is 0 Å². The molecule has 142 valence electrons. The first-order valence-corrected chi connectivity index (χ1v) is 10.4. The lowest BCUT2D eigenvalue weighted by Gasteiger charge is -2.24. The minimum atomic E-state index is -3.84. The van der Waals surface area contributed by atoms with Crippen molar-refractivity contribution in [3.8, 4) is 5.75 Å². The van der Waals surface area contributed by atoms with E-state index in [1.807, 2.05) is 31.2 Å². The van der Waals surface area contributed by atoms with Crippen LogP contribution < -0.4 is 0 Å². The van der Waals surface area contributed by atoms with Gasteiger partial charge in [-0.25, -0.2) is 0 Å². The summed E-state index contributed by atoms with van der Waals surface area (Å²) in [6, 6.07) is 22.4. The van der Waals surface area contributed by atoms with Crippen LogP contribution in [0.2, 0.25) is 0 Å². The molecule has 4 rings (SSSR count). The highest BCUT2D eigenvalue weighted by atomic mass is 32.2. The van der Waals surface area contributed by atoms with Crippen LogP contribution in [0.3, 0.4) is 0 Å². The van der Waals surface area contributed by atoms with E-state index in [0.717, 1.165) is 11.1 Å². The molecule has 5 nitrogen and oxygen atoms in total. The molecule has 0 bridgehead atoms. The molecule has 6 heteroatoms. The summed E-state index contributed by atoms with van der Waals surface area (Å²) in [4.78, 5) is 0.191. The summed E-state index contributed by atoms with van der Waals surface area (Å²) in [5.74, 6) is 0.0868. The second-order valence-corrected chi connectivity index (χ2v) is 8.53. The summed E-state index contributed by atoms with van der Waals surface area (Å²) >= 11 is 0. The predicted molar refractivity (Wildman–Crippen MR) is 109 cm³/mol. The van der Waals surface area contributed by atoms with Gasteiger partial charge >= 0.3 is 0 Å². The SMILES string of the molecule is Cc1ccccc1[C@H]1CC(c2ccccc2O)=NN1S(=O)(=O)c1ccccc1. The van der Waals surface area contributed by atoms with Gasteiger partial charge in [-0.1, -0.05) is 54.6 Å². The van der Waals surface area contributed by atoms with Crippen molar-refractivity contribution in [1.29, 1.82) is 0 Å². The molecule has 1 N–H and O–H groups in total. The molecule has 0 spiro atoms. The lowest BCUT2D eigenvalue weighted by molar-refractivity contribution is 0.370. The minimum absolute atomic E-state index is 0.0868. The Bertz CT molecular complexity index is 1140. The van der Waals surface area contributed by atoms with E-state index in [2.05, 4.69) is 5.10 Å². The fraction of sp³-hybridized carbons (Fsp3) is 0.136. The van der Waals surface area contributed by atoms with Gasteiger partial charge in [0, 0.05) is 12.0 Å². The van der Waals surface area contributed by atoms with Gasteiger partial charge in [-0.15, -0.1) is 0 Å². The Balaban J connectivity index is 1.85. The number of hydrazone groups is 1. The smallest absolute Gasteiger partial charge is 0.279 e. The summed E-state index contributed by atoms with van der Waals surface area (Å²) < 4.78 is 27.9. The van der Waals surface area contributed by atoms with Crippen molar-refractivity contribution in [2.45, 2.75) is 24.3 Å². The molecule has 1 atom stereocenters. The first kappa shape index (κ1) is 18.3. The van der Waals surface area contributed by atoms with Crippen molar-refractivity contribution < 1.29 is 13.5 Å². The zero-order valence-corrected chi connectivity index (χ0v) is 16.2. The highest BCUT2D eigenvalue weighted by molar-refractivity contribution is 7.89. The highest BCUT2D eigenvalue weighted by Crippen LogP contribution is 2.39. The third kappa shape index (κ3) is 3.16. The molecule has 0 fully saturated rings. The monoisotopic (exact) mass is 392 g/mol. The summed E-state index contributed by atoms with van der Waals surface area (Å²) in [5.41, 5.74) is 2.99. The van der Waals surface area contributed by atoms with Gasteiger partial charge < -0.3 is 5.11 Å². The molecule has 0 aromatic heterocycles. The average Bonchev–Trinajstić information content (AvgIpc) is 3.15. The highest BCUT2D eigenvalue weighted by Gasteiger charge is 2.38. The Kier molecular flexibility index (Phi) is 4.65. The van der Waals surface area contributed by atoms with E-state index >= 15 is 0 Å². The Labute approximate surface area is 164 Å². The molecular weight excluding hydrogens is 372 g/mol. The molecule has 3 aromatic rings. The summed E-state index contributed by atoms with van der Waals surface area (Å²) in [7, 11) is -3.84. The quantitative estimate of drug-likeness (QED) is 0.722. The summed E-state index contributed by atoms with van der Waals surface area (Å²) in [6.45, 7) is 1.96. The minimum Gasteiger partial charge on any atom is -0.507 e. The summed E-state index contributed by atoms with van der Waals surface area (Å²) in [6.07, 6.45) is 0.383. The predicted octanol–water partition coefficient (Wildman–Crippen LogP) is 4.24. The third-order valence-corrected chi connectivity index (χ3v) is 6.62. The van der Waals surface area contributed by atoms with Gasteiger partial charge in [-0.2, -0.15) is 17.9 Å². The van der Waals surface area contributed by atoms with Crippen LogP contribution in [0.1, 0.15) is 29.2 Å². The second kappa shape index (κ2) is 7.13. The molecule has 0 saturated heterocycles. The number of phenols is 1. The second-order valence-electron chi connectivity index (χ2n) is 6.73. The maximum atomic E-state index is 13.3. The molecule has 28 heavy (non-hydrogen) atoms. The lowest BCUT2D eigenvalue weighted by atomic mass is 9.96. The Morgan fingerprint density at radius 3 is 2.29 bits per heavy atom. The van der Waals surface area contributed by atoms with Gasteiger partial charge in [0.1, 0.15) is 5.75 Å². The maximum Gasteiger partial charge on any atom is 0.279 e. The van der Waals surface area contributed by atoms with E-state index in [1.54, 1.807) is 54.6 Å². The zero-order valence-electron chi connectivity index (χ0n) is 15.4. The van der Waals surface area contributed by atoms with Crippen LogP contribution in [0.25, 0.3) is 0 Å². The maximum absolute atomic E-state index is 13.3. The van der Waals surface area contributed by atoms with E-state index in [9.17, 15) is 13.5 Å². The molecule has 1 aliphatic heterocycles. The molecule has 0 amide bonds. The van der Waals surface area contributed by atoms with Crippen LogP contribution in [-0.4, -0.2) is 23.7 Å². The zero-order chi connectivity index (χ0) is 19.7. The summed E-state index contributed by atoms with van der Waals surface area (Å²) in [5, 5.41) is 14.7. The van der Waals surface area contributed by atoms with E-state index in [1.165, 1.54) is 4.41 Å². The van der Waals surface area contributed by atoms with E-state index in [-0.39, 0.29) is 10.6 Å². The fourth-order valence-electron chi connectivity index (χ4n) is 3.48. The number of para-hydroxylation sites is 1. The number of phenolic OH excluding ortho intramolecular Hbond substituents is 1. The standard InChI is InChI=1S/C22H20N2O3S/c1-16-9-5-6-12-18(16)21-15-20(19-13-7-8-14-22(19)25)23-24(21)28(26,27)17-10-3-2-4-11-17/h2-14,21,25H,15H2,1H3/t21-/m1/s1. The molecular formula is C22H20N2O3S. The number of hydrogen-bond donors (Lipinski definition) is 1. The van der Waals surface area contributed by atoms with Crippen LogP contribution in [0.4, 0.5) is 0 Å². The Morgan fingerprint density at radius 2 is 1.57 bits per heavy atom. The number of aromatic hydroxyl groups is 1. The van der Waals surface area contributed by atoms with E-state index in [0.29, 0.717) is 17.7 Å². The molecule has 0 unspecified atom stereocenters. The van der Waals surface area contributed by atoms with Crippen molar-refractivity contribution in [2.24, 2.45) is 5.10 Å². The van der Waals surface area contributed by atoms with Crippen LogP contribution in [0.15, 0.2) is 88.9 Å². The van der Waals surface area contributed by atoms with Crippen molar-refractivity contribution in [3.05, 3.63) is 95.6 Å². The van der Waals surface area contributed by atoms with Crippen LogP contribution in [-0.2, 0) is 10.0 Å². The lowest BCUT2D eigenvalue weighted by Crippen LogP contribution is -2.27. The van der Waals surface area contributed by atoms with Crippen molar-refractivity contribution in [3.63, 3.8) is 0 Å². The third-order valence-electron chi connectivity index (χ3n) is 4.92. The first-order valence-electron chi connectivity index (χ1n) is 8.99. The van der Waals surface area contributed by atoms with Gasteiger partial charge in [0.25, 0.3) is 10.0 Å². The number of benzene rings is 3. The fourth-order valence-corrected chi connectivity index (χ4v) is 4.93. The van der Waals surface area contributed by atoms with Crippen molar-refractivity contribution >= 4 is 15.7 Å². The van der Waals surface area contributed by atoms with Crippen molar-refractivity contribution in [1.82, 2.24) is 4.41 Å². The van der Waals surface area contributed by atoms with Crippen LogP contribution in [0.5, 0.6) is 5.75 Å². The van der Waals surface area contributed by atoms with Crippen LogP contribution in [0, 0.1) is 6.92 Å². The first-order chi connectivity index (χ1) is 13.5. The normalized spacial score (nSPS) is 16.8. The average molecular weight is 392 g/mol. The van der Waals surface area contributed by atoms with Gasteiger partial charge in [-0.05, 0) is 42.3 Å². The molecule has 0 aliphatic carbocycles. The molecule has 0 saturated carbocycles. The Hall–Kier alpha value is -3.12. The number of rotatable bonds is 4. The molecule has 0 radical (unpaired) electrons. The number of nitrogens with zero attached hydrogens (tertiary/aromatic N) is 2.